The summed E-state index contributed by atoms with van der Waals surface area (Å²) < 4.78 is 17.3. The molecule has 1 N–H and O–H groups in total. The minimum Gasteiger partial charge on any atom is -0.485 e. The van der Waals surface area contributed by atoms with Crippen LogP contribution < -0.4 is 14.8 Å². The molecule has 2 aliphatic rings. The van der Waals surface area contributed by atoms with Crippen molar-refractivity contribution in [1.29, 1.82) is 0 Å². The molecule has 1 aliphatic carbocycles. The number of ether oxygens (including phenoxy) is 2. The van der Waals surface area contributed by atoms with Gasteiger partial charge in [0.1, 0.15) is 6.61 Å². The average Bonchev–Trinajstić information content (AvgIpc) is 3.03. The summed E-state index contributed by atoms with van der Waals surface area (Å²) in [6, 6.07) is 7.76. The molecule has 0 spiro atoms. The van der Waals surface area contributed by atoms with E-state index in [4.69, 9.17) is 13.9 Å². The molecular formula is C20H25N3O4S. The molecule has 8 heteroatoms. The Balaban J connectivity index is 1.32. The first-order chi connectivity index (χ1) is 13.7. The number of para-hydroxylation sites is 2. The monoisotopic (exact) mass is 403 g/mol. The van der Waals surface area contributed by atoms with E-state index in [1.54, 1.807) is 0 Å². The Kier molecular flexibility index (Phi) is 6.04. The van der Waals surface area contributed by atoms with Crippen molar-refractivity contribution < 1.29 is 18.7 Å². The number of carbonyl (C=O) groups excluding carboxylic acids is 1. The Morgan fingerprint density at radius 1 is 1.14 bits per heavy atom. The standard InChI is InChI=1S/C20H25N3O4S/c1-13(18(24)21-14-8-4-2-3-5-9-14)28-20-23-22-19(27-20)17-12-25-15-10-6-7-11-16(15)26-17/h6-7,10-11,13-14,17H,2-5,8-9,12H2,1H3,(H,21,24)/t13-,17+/m0/s1. The summed E-state index contributed by atoms with van der Waals surface area (Å²) in [6.07, 6.45) is 6.57. The highest BCUT2D eigenvalue weighted by molar-refractivity contribution is 8.00. The van der Waals surface area contributed by atoms with Gasteiger partial charge < -0.3 is 19.2 Å². The van der Waals surface area contributed by atoms with Crippen LogP contribution in [0.3, 0.4) is 0 Å². The second-order valence-corrected chi connectivity index (χ2v) is 8.52. The maximum Gasteiger partial charge on any atom is 0.277 e. The molecule has 2 atom stereocenters. The van der Waals surface area contributed by atoms with Gasteiger partial charge in [0.25, 0.3) is 11.1 Å². The van der Waals surface area contributed by atoms with Gasteiger partial charge in [-0.25, -0.2) is 0 Å². The lowest BCUT2D eigenvalue weighted by Crippen LogP contribution is -2.39. The second-order valence-electron chi connectivity index (χ2n) is 7.23. The minimum atomic E-state index is -0.452. The van der Waals surface area contributed by atoms with Crippen LogP contribution in [0.2, 0.25) is 0 Å². The maximum absolute atomic E-state index is 12.5. The van der Waals surface area contributed by atoms with Crippen LogP contribution in [0.15, 0.2) is 33.9 Å². The lowest BCUT2D eigenvalue weighted by molar-refractivity contribution is -0.121. The molecule has 1 aliphatic heterocycles. The quantitative estimate of drug-likeness (QED) is 0.598. The van der Waals surface area contributed by atoms with Crippen LogP contribution >= 0.6 is 11.8 Å². The van der Waals surface area contributed by atoms with Gasteiger partial charge in [-0.2, -0.15) is 0 Å². The Hall–Kier alpha value is -2.22. The molecule has 0 saturated heterocycles. The number of nitrogens with zero attached hydrogens (tertiary/aromatic N) is 2. The molecule has 1 saturated carbocycles. The van der Waals surface area contributed by atoms with Crippen LogP contribution in [0, 0.1) is 0 Å². The Morgan fingerprint density at radius 2 is 1.89 bits per heavy atom. The zero-order valence-electron chi connectivity index (χ0n) is 15.9. The van der Waals surface area contributed by atoms with E-state index in [2.05, 4.69) is 15.5 Å². The number of thioether (sulfide) groups is 1. The van der Waals surface area contributed by atoms with Gasteiger partial charge in [0.2, 0.25) is 12.0 Å². The van der Waals surface area contributed by atoms with Crippen LogP contribution in [0.4, 0.5) is 0 Å². The summed E-state index contributed by atoms with van der Waals surface area (Å²) in [5.74, 6) is 1.73. The minimum absolute atomic E-state index is 0.0165. The molecule has 2 heterocycles. The zero-order valence-corrected chi connectivity index (χ0v) is 16.7. The number of benzene rings is 1. The van der Waals surface area contributed by atoms with Crippen molar-refractivity contribution in [2.24, 2.45) is 0 Å². The summed E-state index contributed by atoms with van der Waals surface area (Å²) in [5, 5.41) is 11.4. The number of nitrogens with one attached hydrogen (secondary N) is 1. The number of hydrogen-bond donors (Lipinski definition) is 1. The summed E-state index contributed by atoms with van der Waals surface area (Å²) in [5.41, 5.74) is 0. The van der Waals surface area contributed by atoms with Crippen molar-refractivity contribution in [3.05, 3.63) is 30.2 Å². The summed E-state index contributed by atoms with van der Waals surface area (Å²) in [7, 11) is 0. The van der Waals surface area contributed by atoms with E-state index in [1.165, 1.54) is 37.4 Å². The predicted octanol–water partition coefficient (Wildman–Crippen LogP) is 3.90. The second kappa shape index (κ2) is 8.86. The van der Waals surface area contributed by atoms with E-state index < -0.39 is 6.10 Å². The first-order valence-corrected chi connectivity index (χ1v) is 10.8. The van der Waals surface area contributed by atoms with E-state index in [-0.39, 0.29) is 17.2 Å². The third-order valence-corrected chi connectivity index (χ3v) is 5.99. The highest BCUT2D eigenvalue weighted by atomic mass is 32.2. The van der Waals surface area contributed by atoms with E-state index in [0.717, 1.165) is 12.8 Å². The van der Waals surface area contributed by atoms with Crippen molar-refractivity contribution in [2.75, 3.05) is 6.61 Å². The SMILES string of the molecule is C[C@H](Sc1nnc([C@H]2COc3ccccc3O2)o1)C(=O)NC1CCCCCC1. The molecule has 0 radical (unpaired) electrons. The van der Waals surface area contributed by atoms with Gasteiger partial charge in [-0.05, 0) is 31.9 Å². The number of hydrogen-bond acceptors (Lipinski definition) is 7. The number of fused-ring (bicyclic) bond motifs is 1. The highest BCUT2D eigenvalue weighted by Gasteiger charge is 2.28. The third kappa shape index (κ3) is 4.60. The number of rotatable bonds is 5. The fraction of sp³-hybridized carbons (Fsp3) is 0.550. The van der Waals surface area contributed by atoms with Gasteiger partial charge >= 0.3 is 0 Å². The van der Waals surface area contributed by atoms with Crippen LogP contribution in [0.1, 0.15) is 57.4 Å². The van der Waals surface area contributed by atoms with Crippen molar-refractivity contribution in [1.82, 2.24) is 15.5 Å². The van der Waals surface area contributed by atoms with E-state index >= 15 is 0 Å². The van der Waals surface area contributed by atoms with Crippen LogP contribution in [-0.4, -0.2) is 34.0 Å². The van der Waals surface area contributed by atoms with Gasteiger partial charge in [0.15, 0.2) is 11.5 Å². The largest absolute Gasteiger partial charge is 0.485 e. The molecule has 2 aromatic rings. The maximum atomic E-state index is 12.5. The van der Waals surface area contributed by atoms with Crippen LogP contribution in [0.25, 0.3) is 0 Å². The molecule has 1 fully saturated rings. The molecule has 1 aromatic heterocycles. The molecule has 1 amide bonds. The highest BCUT2D eigenvalue weighted by Crippen LogP contribution is 2.36. The molecule has 28 heavy (non-hydrogen) atoms. The van der Waals surface area contributed by atoms with Crippen molar-refractivity contribution in [3.8, 4) is 11.5 Å². The topological polar surface area (TPSA) is 86.5 Å². The summed E-state index contributed by atoms with van der Waals surface area (Å²) in [6.45, 7) is 2.16. The lowest BCUT2D eigenvalue weighted by atomic mass is 10.1. The van der Waals surface area contributed by atoms with Crippen LogP contribution in [-0.2, 0) is 4.79 Å². The number of carbonyl (C=O) groups is 1. The third-order valence-electron chi connectivity index (χ3n) is 5.05. The molecule has 7 nitrogen and oxygen atoms in total. The molecule has 4 rings (SSSR count). The average molecular weight is 404 g/mol. The van der Waals surface area contributed by atoms with E-state index in [1.807, 2.05) is 31.2 Å². The fourth-order valence-corrected chi connectivity index (χ4v) is 4.19. The van der Waals surface area contributed by atoms with Gasteiger partial charge in [0, 0.05) is 6.04 Å². The van der Waals surface area contributed by atoms with Gasteiger partial charge in [-0.3, -0.25) is 4.79 Å². The smallest absolute Gasteiger partial charge is 0.277 e. The first kappa shape index (κ1) is 19.1. The predicted molar refractivity (Wildman–Crippen MR) is 105 cm³/mol. The summed E-state index contributed by atoms with van der Waals surface area (Å²) in [4.78, 5) is 12.5. The first-order valence-electron chi connectivity index (χ1n) is 9.88. The van der Waals surface area contributed by atoms with E-state index in [0.29, 0.717) is 29.2 Å². The van der Waals surface area contributed by atoms with Gasteiger partial charge in [-0.1, -0.05) is 49.6 Å². The molecule has 1 aromatic carbocycles. The van der Waals surface area contributed by atoms with Crippen molar-refractivity contribution >= 4 is 17.7 Å². The lowest BCUT2D eigenvalue weighted by Gasteiger charge is -2.23. The Morgan fingerprint density at radius 3 is 2.68 bits per heavy atom. The van der Waals surface area contributed by atoms with Crippen molar-refractivity contribution in [2.45, 2.75) is 68.1 Å². The molecule has 150 valence electrons. The number of aromatic nitrogens is 2. The van der Waals surface area contributed by atoms with Gasteiger partial charge in [-0.15, -0.1) is 10.2 Å². The number of amides is 1. The Bertz CT molecular complexity index is 804. The summed E-state index contributed by atoms with van der Waals surface area (Å²) >= 11 is 1.27. The Labute approximate surface area is 168 Å². The van der Waals surface area contributed by atoms with Gasteiger partial charge in [0.05, 0.1) is 5.25 Å². The fourth-order valence-electron chi connectivity index (χ4n) is 3.49. The normalized spacial score (nSPS) is 21.0. The zero-order chi connectivity index (χ0) is 19.3. The van der Waals surface area contributed by atoms with Crippen LogP contribution in [0.5, 0.6) is 11.5 Å². The van der Waals surface area contributed by atoms with Crippen molar-refractivity contribution in [3.63, 3.8) is 0 Å². The molecule has 0 bridgehead atoms. The van der Waals surface area contributed by atoms with E-state index in [9.17, 15) is 4.79 Å². The molecule has 0 unspecified atom stereocenters. The molecular weight excluding hydrogens is 378 g/mol.